The van der Waals surface area contributed by atoms with Crippen molar-refractivity contribution in [3.8, 4) is 0 Å². The van der Waals surface area contributed by atoms with Gasteiger partial charge in [-0.25, -0.2) is 9.97 Å². The number of benzene rings is 1. The first-order valence-corrected chi connectivity index (χ1v) is 12.7. The lowest BCUT2D eigenvalue weighted by molar-refractivity contribution is -0.129. The number of anilines is 1. The molecule has 186 valence electrons. The van der Waals surface area contributed by atoms with Gasteiger partial charge in [0.2, 0.25) is 5.91 Å². The van der Waals surface area contributed by atoms with Crippen LogP contribution in [0.3, 0.4) is 0 Å². The maximum Gasteiger partial charge on any atom is 0.272 e. The normalized spacial score (nSPS) is 23.6. The SMILES string of the molecule is CC(=O)N1CCC(Nc2cc(C(=O)N3CCC(N)C(N4CCc5ccccc5C4)C3)ncn2)CC1. The molecule has 4 heterocycles. The van der Waals surface area contributed by atoms with Gasteiger partial charge >= 0.3 is 0 Å². The first-order chi connectivity index (χ1) is 17.0. The molecule has 0 bridgehead atoms. The van der Waals surface area contributed by atoms with Crippen LogP contribution in [0.4, 0.5) is 5.82 Å². The van der Waals surface area contributed by atoms with Crippen molar-refractivity contribution in [2.24, 2.45) is 5.73 Å². The minimum absolute atomic E-state index is 0.0489. The average molecular weight is 478 g/mol. The quantitative estimate of drug-likeness (QED) is 0.687. The maximum atomic E-state index is 13.4. The Bertz CT molecular complexity index is 1070. The third-order valence-corrected chi connectivity index (χ3v) is 7.73. The van der Waals surface area contributed by atoms with Crippen molar-refractivity contribution in [2.75, 3.05) is 38.0 Å². The highest BCUT2D eigenvalue weighted by Gasteiger charge is 2.35. The number of nitrogens with one attached hydrogen (secondary N) is 1. The Morgan fingerprint density at radius 3 is 2.51 bits per heavy atom. The third kappa shape index (κ3) is 5.31. The van der Waals surface area contributed by atoms with Crippen molar-refractivity contribution in [3.63, 3.8) is 0 Å². The summed E-state index contributed by atoms with van der Waals surface area (Å²) in [6.07, 6.45) is 4.96. The van der Waals surface area contributed by atoms with Gasteiger partial charge in [-0.05, 0) is 36.8 Å². The molecule has 0 spiro atoms. The summed E-state index contributed by atoms with van der Waals surface area (Å²) in [6, 6.07) is 10.7. The van der Waals surface area contributed by atoms with E-state index in [4.69, 9.17) is 5.73 Å². The van der Waals surface area contributed by atoms with Gasteiger partial charge in [0.1, 0.15) is 17.8 Å². The summed E-state index contributed by atoms with van der Waals surface area (Å²) in [5.41, 5.74) is 9.72. The van der Waals surface area contributed by atoms with Gasteiger partial charge in [0.05, 0.1) is 0 Å². The van der Waals surface area contributed by atoms with E-state index in [9.17, 15) is 9.59 Å². The molecule has 2 atom stereocenters. The summed E-state index contributed by atoms with van der Waals surface area (Å²) < 4.78 is 0. The van der Waals surface area contributed by atoms with Gasteiger partial charge < -0.3 is 20.9 Å². The summed E-state index contributed by atoms with van der Waals surface area (Å²) >= 11 is 0. The van der Waals surface area contributed by atoms with Gasteiger partial charge in [-0.3, -0.25) is 14.5 Å². The van der Waals surface area contributed by atoms with Crippen LogP contribution in [-0.4, -0.2) is 87.3 Å². The van der Waals surface area contributed by atoms with Crippen LogP contribution in [0.5, 0.6) is 0 Å². The van der Waals surface area contributed by atoms with E-state index in [2.05, 4.69) is 44.5 Å². The molecule has 2 aromatic rings. The molecule has 35 heavy (non-hydrogen) atoms. The van der Waals surface area contributed by atoms with Crippen molar-refractivity contribution in [2.45, 2.75) is 57.3 Å². The molecule has 0 radical (unpaired) electrons. The first kappa shape index (κ1) is 23.7. The molecule has 2 amide bonds. The second kappa shape index (κ2) is 10.3. The number of rotatable bonds is 4. The number of likely N-dealkylation sites (tertiary alicyclic amines) is 2. The number of amides is 2. The lowest BCUT2D eigenvalue weighted by atomic mass is 9.93. The largest absolute Gasteiger partial charge is 0.367 e. The topological polar surface area (TPSA) is 108 Å². The van der Waals surface area contributed by atoms with Crippen LogP contribution in [0.2, 0.25) is 0 Å². The average Bonchev–Trinajstić information content (AvgIpc) is 2.89. The summed E-state index contributed by atoms with van der Waals surface area (Å²) in [5.74, 6) is 0.699. The Labute approximate surface area is 206 Å². The van der Waals surface area contributed by atoms with Crippen LogP contribution in [0, 0.1) is 0 Å². The van der Waals surface area contributed by atoms with Crippen molar-refractivity contribution in [3.05, 3.63) is 53.5 Å². The molecule has 1 aromatic heterocycles. The summed E-state index contributed by atoms with van der Waals surface area (Å²) in [7, 11) is 0. The van der Waals surface area contributed by atoms with E-state index >= 15 is 0 Å². The van der Waals surface area contributed by atoms with Gasteiger partial charge in [-0.1, -0.05) is 24.3 Å². The highest BCUT2D eigenvalue weighted by atomic mass is 16.2. The first-order valence-electron chi connectivity index (χ1n) is 12.7. The van der Waals surface area contributed by atoms with E-state index in [1.54, 1.807) is 13.0 Å². The van der Waals surface area contributed by atoms with Gasteiger partial charge in [0, 0.05) is 70.4 Å². The molecule has 9 nitrogen and oxygen atoms in total. The number of aromatic nitrogens is 2. The van der Waals surface area contributed by atoms with Crippen LogP contribution >= 0.6 is 0 Å². The number of nitrogens with two attached hydrogens (primary N) is 1. The zero-order valence-corrected chi connectivity index (χ0v) is 20.4. The highest BCUT2D eigenvalue weighted by Crippen LogP contribution is 2.25. The minimum Gasteiger partial charge on any atom is -0.367 e. The fraction of sp³-hybridized carbons (Fsp3) is 0.538. The van der Waals surface area contributed by atoms with E-state index in [0.29, 0.717) is 24.6 Å². The molecule has 3 N–H and O–H groups in total. The standard InChI is InChI=1S/C26H35N7O2/c1-18(34)31-11-7-21(8-12-31)30-25-14-23(28-17-29-25)26(35)33-13-9-22(27)24(16-33)32-10-6-19-4-2-3-5-20(19)15-32/h2-5,14,17,21-22,24H,6-13,15-16,27H2,1H3,(H,28,29,30). The molecule has 3 aliphatic heterocycles. The van der Waals surface area contributed by atoms with Crippen LogP contribution in [0.15, 0.2) is 36.7 Å². The van der Waals surface area contributed by atoms with E-state index in [1.807, 2.05) is 9.80 Å². The van der Waals surface area contributed by atoms with Gasteiger partial charge in [-0.15, -0.1) is 0 Å². The van der Waals surface area contributed by atoms with Crippen molar-refractivity contribution >= 4 is 17.6 Å². The lowest BCUT2D eigenvalue weighted by Crippen LogP contribution is -2.60. The predicted molar refractivity (Wildman–Crippen MR) is 134 cm³/mol. The fourth-order valence-electron chi connectivity index (χ4n) is 5.58. The van der Waals surface area contributed by atoms with Crippen molar-refractivity contribution in [1.82, 2.24) is 24.7 Å². The molecular weight excluding hydrogens is 442 g/mol. The van der Waals surface area contributed by atoms with Crippen molar-refractivity contribution < 1.29 is 9.59 Å². The molecule has 5 rings (SSSR count). The second-order valence-corrected chi connectivity index (χ2v) is 9.97. The monoisotopic (exact) mass is 477 g/mol. The molecule has 9 heteroatoms. The number of carbonyl (C=O) groups excluding carboxylic acids is 2. The Hall–Kier alpha value is -3.04. The van der Waals surface area contributed by atoms with Gasteiger partial charge in [0.25, 0.3) is 5.91 Å². The Morgan fingerprint density at radius 2 is 1.74 bits per heavy atom. The number of nitrogens with zero attached hydrogens (tertiary/aromatic N) is 5. The number of piperidine rings is 2. The number of fused-ring (bicyclic) bond motifs is 1. The molecule has 0 aliphatic carbocycles. The zero-order valence-electron chi connectivity index (χ0n) is 20.4. The van der Waals surface area contributed by atoms with E-state index in [-0.39, 0.29) is 29.9 Å². The van der Waals surface area contributed by atoms with Crippen LogP contribution in [0.25, 0.3) is 0 Å². The Kier molecular flexibility index (Phi) is 6.97. The van der Waals surface area contributed by atoms with Crippen LogP contribution in [0.1, 0.15) is 47.8 Å². The summed E-state index contributed by atoms with van der Waals surface area (Å²) in [5, 5.41) is 3.43. The lowest BCUT2D eigenvalue weighted by Gasteiger charge is -2.44. The minimum atomic E-state index is -0.0730. The fourth-order valence-corrected chi connectivity index (χ4v) is 5.58. The molecule has 2 fully saturated rings. The number of carbonyl (C=O) groups is 2. The molecule has 3 aliphatic rings. The highest BCUT2D eigenvalue weighted by molar-refractivity contribution is 5.93. The maximum absolute atomic E-state index is 13.4. The molecule has 2 unspecified atom stereocenters. The molecule has 1 aromatic carbocycles. The molecule has 2 saturated heterocycles. The molecule has 0 saturated carbocycles. The van der Waals surface area contributed by atoms with Crippen LogP contribution in [-0.2, 0) is 17.8 Å². The van der Waals surface area contributed by atoms with Crippen molar-refractivity contribution in [1.29, 1.82) is 0 Å². The summed E-state index contributed by atoms with van der Waals surface area (Å²) in [4.78, 5) is 39.8. The number of hydrogen-bond donors (Lipinski definition) is 2. The number of hydrogen-bond acceptors (Lipinski definition) is 7. The Morgan fingerprint density at radius 1 is 1.00 bits per heavy atom. The molecular formula is C26H35N7O2. The summed E-state index contributed by atoms with van der Waals surface area (Å²) in [6.45, 7) is 6.16. The van der Waals surface area contributed by atoms with E-state index in [0.717, 1.165) is 51.9 Å². The van der Waals surface area contributed by atoms with E-state index in [1.165, 1.54) is 17.5 Å². The Balaban J connectivity index is 1.22. The predicted octanol–water partition coefficient (Wildman–Crippen LogP) is 1.50. The van der Waals surface area contributed by atoms with E-state index < -0.39 is 0 Å². The zero-order chi connectivity index (χ0) is 24.4. The third-order valence-electron chi connectivity index (χ3n) is 7.73. The van der Waals surface area contributed by atoms with Crippen LogP contribution < -0.4 is 11.1 Å². The second-order valence-electron chi connectivity index (χ2n) is 9.97. The van der Waals surface area contributed by atoms with Gasteiger partial charge in [0.15, 0.2) is 0 Å². The smallest absolute Gasteiger partial charge is 0.272 e. The van der Waals surface area contributed by atoms with Gasteiger partial charge in [-0.2, -0.15) is 0 Å².